The summed E-state index contributed by atoms with van der Waals surface area (Å²) in [5, 5.41) is 0. The Morgan fingerprint density at radius 1 is 0.294 bits per heavy atom. The van der Waals surface area contributed by atoms with Gasteiger partial charge < -0.3 is 28.4 Å². The first-order valence-corrected chi connectivity index (χ1v) is 45.6. The average Bonchev–Trinajstić information content (AvgIpc) is 1.07. The van der Waals surface area contributed by atoms with Gasteiger partial charge in [-0.25, -0.2) is 0 Å². The molecule has 0 radical (unpaired) electrons. The van der Waals surface area contributed by atoms with Crippen LogP contribution in [0.15, 0.2) is 133 Å². The molecule has 0 aliphatic heterocycles. The molecule has 0 atom stereocenters. The maximum absolute atomic E-state index is 6.25. The number of benzene rings is 4. The van der Waals surface area contributed by atoms with E-state index in [9.17, 15) is 0 Å². The van der Waals surface area contributed by atoms with Crippen molar-refractivity contribution in [2.45, 2.75) is 208 Å². The Balaban J connectivity index is 0.780. The molecule has 0 N–H and O–H groups in total. The van der Waals surface area contributed by atoms with Crippen molar-refractivity contribution in [1.29, 1.82) is 0 Å². The van der Waals surface area contributed by atoms with Gasteiger partial charge in [-0.05, 0) is 130 Å². The summed E-state index contributed by atoms with van der Waals surface area (Å²) in [4.78, 5) is 9.61. The number of rotatable bonds is 39. The van der Waals surface area contributed by atoms with Gasteiger partial charge >= 0.3 is 0 Å². The minimum absolute atomic E-state index is 0.486. The topological polar surface area (TPSA) is 55.4 Å². The molecule has 6 nitrogen and oxygen atoms in total. The van der Waals surface area contributed by atoms with Crippen LogP contribution in [-0.4, -0.2) is 82.2 Å². The molecule has 0 saturated carbocycles. The van der Waals surface area contributed by atoms with Crippen molar-refractivity contribution in [1.82, 2.24) is 0 Å². The Kier molecular flexibility index (Phi) is 34.4. The van der Waals surface area contributed by atoms with Crippen LogP contribution in [0.1, 0.15) is 198 Å². The lowest BCUT2D eigenvalue weighted by Gasteiger charge is -2.38. The molecule has 4 heterocycles. The lowest BCUT2D eigenvalue weighted by molar-refractivity contribution is -0.0183. The lowest BCUT2D eigenvalue weighted by Crippen LogP contribution is -2.43. The molecule has 0 saturated heterocycles. The van der Waals surface area contributed by atoms with E-state index in [-0.39, 0.29) is 0 Å². The molecule has 4 aromatic heterocycles. The molecular formula is C90H114O6S4Si2. The van der Waals surface area contributed by atoms with Gasteiger partial charge in [0.05, 0.1) is 98.8 Å². The van der Waals surface area contributed by atoms with Gasteiger partial charge in [0.2, 0.25) is 0 Å². The third kappa shape index (κ3) is 23.8. The van der Waals surface area contributed by atoms with Crippen molar-refractivity contribution in [2.24, 2.45) is 0 Å². The normalized spacial score (nSPS) is 11.8. The first-order valence-electron chi connectivity index (χ1n) is 37.9. The number of hydrogen-bond donors (Lipinski definition) is 0. The Morgan fingerprint density at radius 2 is 0.559 bits per heavy atom. The summed E-state index contributed by atoms with van der Waals surface area (Å²) in [6.45, 7) is 39.0. The highest BCUT2D eigenvalue weighted by Gasteiger charge is 2.43. The van der Waals surface area contributed by atoms with Crippen LogP contribution < -0.4 is 0 Å². The number of aryl methyl sites for hydroxylation is 2. The highest BCUT2D eigenvalue weighted by Crippen LogP contribution is 2.44. The highest BCUT2D eigenvalue weighted by atomic mass is 32.1. The monoisotopic (exact) mass is 1470 g/mol. The van der Waals surface area contributed by atoms with Crippen LogP contribution in [0.4, 0.5) is 0 Å². The van der Waals surface area contributed by atoms with E-state index in [4.69, 9.17) is 28.4 Å². The van der Waals surface area contributed by atoms with Crippen molar-refractivity contribution in [2.75, 3.05) is 66.1 Å². The molecule has 0 spiro atoms. The largest absolute Gasteiger partial charge is 0.377 e. The average molecular weight is 1480 g/mol. The molecule has 0 fully saturated rings. The quantitative estimate of drug-likeness (QED) is 0.0217. The molecule has 102 heavy (non-hydrogen) atoms. The summed E-state index contributed by atoms with van der Waals surface area (Å²) in [6.07, 6.45) is 12.1. The van der Waals surface area contributed by atoms with Gasteiger partial charge in [0, 0.05) is 52.9 Å². The number of hydrogen-bond acceptors (Lipinski definition) is 10. The van der Waals surface area contributed by atoms with Crippen LogP contribution >= 0.6 is 45.3 Å². The SMILES string of the molecule is CCCCCCc1cc(-c2ccc(-c3cc(COCCOCCOCCOCCOCCOCc4cc(-c5ccc(-c6cc(CCCCCC)sc6C#Cc6ccccc6)cc5)c(C#C[Si](C(C)C)(C(C)C)C(C)C)s4)sc3C#C[Si](C(C)C)(C(C)C)C(C)C)cc2)c(C#Cc2ccccc2)s1. The fourth-order valence-corrected chi connectivity index (χ4v) is 29.0. The number of ether oxygens (including phenoxy) is 6. The fraction of sp³-hybridized carbons (Fsp3) is 0.467. The van der Waals surface area contributed by atoms with E-state index >= 15 is 0 Å². The maximum atomic E-state index is 6.25. The second kappa shape index (κ2) is 42.9. The third-order valence-electron chi connectivity index (χ3n) is 19.8. The zero-order valence-electron chi connectivity index (χ0n) is 63.8. The minimum Gasteiger partial charge on any atom is -0.377 e. The summed E-state index contributed by atoms with van der Waals surface area (Å²) in [5.74, 6) is 21.7. The van der Waals surface area contributed by atoms with E-state index in [0.29, 0.717) is 113 Å². The van der Waals surface area contributed by atoms with Gasteiger partial charge in [-0.2, -0.15) is 0 Å². The van der Waals surface area contributed by atoms with Crippen molar-refractivity contribution in [3.8, 4) is 91.1 Å². The molecule has 0 unspecified atom stereocenters. The Bertz CT molecular complexity index is 3740. The van der Waals surface area contributed by atoms with E-state index in [0.717, 1.165) is 53.2 Å². The minimum atomic E-state index is -1.98. The number of unbranched alkanes of at least 4 members (excludes halogenated alkanes) is 6. The smallest absolute Gasteiger partial charge is 0.146 e. The van der Waals surface area contributed by atoms with Crippen molar-refractivity contribution in [3.63, 3.8) is 0 Å². The number of thiophene rings is 4. The Labute approximate surface area is 633 Å². The lowest BCUT2D eigenvalue weighted by atomic mass is 10.00. The van der Waals surface area contributed by atoms with E-state index in [2.05, 4.69) is 265 Å². The first-order chi connectivity index (χ1) is 49.5. The second-order valence-corrected chi connectivity index (χ2v) is 44.4. The van der Waals surface area contributed by atoms with E-state index in [1.807, 2.05) is 34.8 Å². The second-order valence-electron chi connectivity index (χ2n) is 28.7. The third-order valence-corrected chi connectivity index (χ3v) is 36.6. The molecule has 0 bridgehead atoms. The summed E-state index contributed by atoms with van der Waals surface area (Å²) >= 11 is 7.22. The Morgan fingerprint density at radius 3 is 0.843 bits per heavy atom. The molecule has 4 aromatic carbocycles. The molecule has 8 aromatic rings. The van der Waals surface area contributed by atoms with Crippen LogP contribution in [0, 0.1) is 46.6 Å². The molecule has 0 aliphatic carbocycles. The maximum Gasteiger partial charge on any atom is 0.146 e. The molecule has 12 heteroatoms. The van der Waals surface area contributed by atoms with Crippen molar-refractivity contribution in [3.05, 3.63) is 184 Å². The van der Waals surface area contributed by atoms with Crippen LogP contribution in [-0.2, 0) is 54.5 Å². The van der Waals surface area contributed by atoms with Gasteiger partial charge in [0.1, 0.15) is 16.1 Å². The predicted octanol–water partition coefficient (Wildman–Crippen LogP) is 24.6. The molecule has 0 amide bonds. The fourth-order valence-electron chi connectivity index (χ4n) is 14.3. The zero-order chi connectivity index (χ0) is 72.7. The molecular weight excluding hydrogens is 1360 g/mol. The first kappa shape index (κ1) is 81.8. The summed E-state index contributed by atoms with van der Waals surface area (Å²) < 4.78 is 36.0. The summed E-state index contributed by atoms with van der Waals surface area (Å²) in [6, 6.07) is 48.2. The van der Waals surface area contributed by atoms with Gasteiger partial charge in [0.25, 0.3) is 0 Å². The zero-order valence-corrected chi connectivity index (χ0v) is 69.1. The highest BCUT2D eigenvalue weighted by molar-refractivity contribution is 7.14. The van der Waals surface area contributed by atoms with Crippen LogP contribution in [0.5, 0.6) is 0 Å². The van der Waals surface area contributed by atoms with Gasteiger partial charge in [-0.1, -0.05) is 256 Å². The van der Waals surface area contributed by atoms with Crippen LogP contribution in [0.25, 0.3) is 44.5 Å². The van der Waals surface area contributed by atoms with E-state index < -0.39 is 16.1 Å². The van der Waals surface area contributed by atoms with Gasteiger partial charge in [-0.3, -0.25) is 0 Å². The molecule has 0 aliphatic rings. The van der Waals surface area contributed by atoms with Crippen LogP contribution in [0.2, 0.25) is 33.2 Å². The standard InChI is InChI=1S/C90H114O6S4Si2/c1-15-17-19-27-33-79-61-83(87(97-79)45-35-73-29-23-21-24-30-73)75-37-41-77(42-38-75)85-63-81(99-89(85)47-59-101(67(3)4,68(5)6)69(7)8)65-95-57-55-93-53-51-91-49-50-92-52-54-94-56-58-96-66-82-64-86(90(100-82)48-60-102(70(9)10,71(11)12)72(13)14)78-43-39-76(40-44-78)84-62-80(34-28-20-18-16-2)98-88(84)46-36-74-31-25-22-26-32-74/h21-26,29-32,37-44,61-64,67-72H,15-20,27-28,33-34,49-58,65-66H2,1-14H3. The molecule has 8 rings (SSSR count). The predicted molar refractivity (Wildman–Crippen MR) is 445 cm³/mol. The van der Waals surface area contributed by atoms with Gasteiger partial charge in [-0.15, -0.1) is 56.4 Å². The van der Waals surface area contributed by atoms with E-state index in [1.165, 1.54) is 106 Å². The van der Waals surface area contributed by atoms with Gasteiger partial charge in [0.15, 0.2) is 0 Å². The summed E-state index contributed by atoms with van der Waals surface area (Å²) in [7, 11) is -3.96. The van der Waals surface area contributed by atoms with E-state index in [1.54, 1.807) is 22.7 Å². The van der Waals surface area contributed by atoms with Crippen LogP contribution in [0.3, 0.4) is 0 Å². The van der Waals surface area contributed by atoms with Crippen molar-refractivity contribution < 1.29 is 28.4 Å². The molecule has 542 valence electrons. The summed E-state index contributed by atoms with van der Waals surface area (Å²) in [5.41, 5.74) is 22.9. The Hall–Kier alpha value is -5.89. The van der Waals surface area contributed by atoms with Crippen molar-refractivity contribution >= 4 is 61.5 Å².